The molecule has 0 aliphatic heterocycles. The van der Waals surface area contributed by atoms with Gasteiger partial charge in [-0.2, -0.15) is 0 Å². The molecule has 0 spiro atoms. The molecule has 2 heteroatoms. The molecule has 104 valence electrons. The Morgan fingerprint density at radius 2 is 1.67 bits per heavy atom. The number of aromatic nitrogens is 1. The fourth-order valence-corrected chi connectivity index (χ4v) is 2.59. The minimum Gasteiger partial charge on any atom is -0.355 e. The zero-order chi connectivity index (χ0) is 14.7. The lowest BCUT2D eigenvalue weighted by atomic mass is 9.99. The second-order valence-electron chi connectivity index (χ2n) is 5.21. The van der Waals surface area contributed by atoms with E-state index in [1.165, 1.54) is 11.1 Å². The van der Waals surface area contributed by atoms with Crippen molar-refractivity contribution in [1.29, 1.82) is 0 Å². The van der Waals surface area contributed by atoms with Gasteiger partial charge in [-0.05, 0) is 55.3 Å². The van der Waals surface area contributed by atoms with Gasteiger partial charge in [0.05, 0.1) is 5.69 Å². The fraction of sp³-hybridized carbons (Fsp3) is 0.105. The van der Waals surface area contributed by atoms with Crippen LogP contribution in [-0.4, -0.2) is 4.98 Å². The fourth-order valence-electron chi connectivity index (χ4n) is 2.59. The number of nitrogens with zero attached hydrogens (tertiary/aromatic N) is 1. The number of pyridine rings is 1. The zero-order valence-corrected chi connectivity index (χ0v) is 12.3. The van der Waals surface area contributed by atoms with E-state index in [1.807, 2.05) is 42.6 Å². The molecule has 1 heterocycles. The van der Waals surface area contributed by atoms with Crippen LogP contribution in [0.15, 0.2) is 66.9 Å². The summed E-state index contributed by atoms with van der Waals surface area (Å²) in [5.74, 6) is 0. The van der Waals surface area contributed by atoms with Crippen molar-refractivity contribution >= 4 is 11.4 Å². The maximum atomic E-state index is 4.50. The highest BCUT2D eigenvalue weighted by atomic mass is 14.9. The van der Waals surface area contributed by atoms with E-state index >= 15 is 0 Å². The third kappa shape index (κ3) is 2.95. The van der Waals surface area contributed by atoms with Crippen molar-refractivity contribution in [2.45, 2.75) is 13.8 Å². The largest absolute Gasteiger partial charge is 1.00 e. The average molecular weight is 275 g/mol. The Bertz CT molecular complexity index is 740. The standard InChI is InChI=1S/C19H18N2/c1-14-12-15(2)19(17-10-6-7-11-20-17)18(13-14)21-16-8-4-3-5-9-16/h3-13,21H,1-2H3/p+1. The summed E-state index contributed by atoms with van der Waals surface area (Å²) < 4.78 is 0. The third-order valence-corrected chi connectivity index (χ3v) is 3.45. The van der Waals surface area contributed by atoms with Crippen molar-refractivity contribution in [3.63, 3.8) is 0 Å². The van der Waals surface area contributed by atoms with E-state index in [2.05, 4.69) is 48.4 Å². The van der Waals surface area contributed by atoms with Crippen LogP contribution in [-0.2, 0) is 0 Å². The van der Waals surface area contributed by atoms with E-state index in [9.17, 15) is 0 Å². The first-order valence-corrected chi connectivity index (χ1v) is 7.09. The quantitative estimate of drug-likeness (QED) is 0.708. The van der Waals surface area contributed by atoms with E-state index in [-0.39, 0.29) is 1.43 Å². The molecular weight excluding hydrogens is 256 g/mol. The molecule has 0 saturated heterocycles. The summed E-state index contributed by atoms with van der Waals surface area (Å²) >= 11 is 0. The topological polar surface area (TPSA) is 24.9 Å². The minimum absolute atomic E-state index is 0. The third-order valence-electron chi connectivity index (χ3n) is 3.45. The number of nitrogens with one attached hydrogen (secondary N) is 1. The lowest BCUT2D eigenvalue weighted by Crippen LogP contribution is -1.97. The highest BCUT2D eigenvalue weighted by Gasteiger charge is 2.10. The smallest absolute Gasteiger partial charge is 0.355 e. The van der Waals surface area contributed by atoms with Gasteiger partial charge >= 0.3 is 1.43 Å². The number of para-hydroxylation sites is 1. The van der Waals surface area contributed by atoms with Crippen LogP contribution in [0, 0.1) is 13.8 Å². The van der Waals surface area contributed by atoms with Crippen molar-refractivity contribution in [2.24, 2.45) is 0 Å². The molecular formula is C19H19N2+. The Kier molecular flexibility index (Phi) is 3.69. The van der Waals surface area contributed by atoms with Crippen LogP contribution in [0.4, 0.5) is 11.4 Å². The highest BCUT2D eigenvalue weighted by molar-refractivity contribution is 5.82. The molecule has 0 unspecified atom stereocenters. The Balaban J connectivity index is 0.00000176. The first kappa shape index (κ1) is 13.4. The monoisotopic (exact) mass is 275 g/mol. The van der Waals surface area contributed by atoms with Gasteiger partial charge in [0.2, 0.25) is 0 Å². The molecule has 0 aliphatic carbocycles. The van der Waals surface area contributed by atoms with Gasteiger partial charge in [-0.3, -0.25) is 4.98 Å². The number of aryl methyl sites for hydroxylation is 2. The molecule has 0 atom stereocenters. The number of anilines is 2. The predicted octanol–water partition coefficient (Wildman–Crippen LogP) is 5.22. The molecule has 0 saturated carbocycles. The van der Waals surface area contributed by atoms with Gasteiger partial charge in [-0.25, -0.2) is 0 Å². The van der Waals surface area contributed by atoms with Crippen LogP contribution in [0.5, 0.6) is 0 Å². The first-order valence-electron chi connectivity index (χ1n) is 7.09. The zero-order valence-electron chi connectivity index (χ0n) is 13.3. The van der Waals surface area contributed by atoms with Crippen LogP contribution in [0.25, 0.3) is 11.3 Å². The average Bonchev–Trinajstić information content (AvgIpc) is 2.48. The second-order valence-corrected chi connectivity index (χ2v) is 5.21. The normalized spacial score (nSPS) is 10.4. The molecule has 2 nitrogen and oxygen atoms in total. The molecule has 0 fully saturated rings. The summed E-state index contributed by atoms with van der Waals surface area (Å²) in [5.41, 5.74) is 6.80. The van der Waals surface area contributed by atoms with Gasteiger partial charge in [0.1, 0.15) is 0 Å². The molecule has 0 amide bonds. The summed E-state index contributed by atoms with van der Waals surface area (Å²) in [7, 11) is 0. The lowest BCUT2D eigenvalue weighted by Gasteiger charge is -2.15. The SMILES string of the molecule is Cc1cc(C)c(-c2ccccn2)c(Nc2ccccc2)c1.[H+]. The van der Waals surface area contributed by atoms with Gasteiger partial charge in [0, 0.05) is 23.1 Å². The number of hydrogen-bond acceptors (Lipinski definition) is 2. The van der Waals surface area contributed by atoms with Crippen molar-refractivity contribution in [1.82, 2.24) is 4.98 Å². The lowest BCUT2D eigenvalue weighted by molar-refractivity contribution is 1.29. The first-order chi connectivity index (χ1) is 10.2. The van der Waals surface area contributed by atoms with E-state index in [0.29, 0.717) is 0 Å². The Morgan fingerprint density at radius 3 is 2.38 bits per heavy atom. The molecule has 21 heavy (non-hydrogen) atoms. The molecule has 0 aliphatic rings. The van der Waals surface area contributed by atoms with Gasteiger partial charge < -0.3 is 5.32 Å². The molecule has 0 radical (unpaired) electrons. The number of benzene rings is 2. The van der Waals surface area contributed by atoms with Gasteiger partial charge in [-0.1, -0.05) is 30.3 Å². The minimum atomic E-state index is 0. The second kappa shape index (κ2) is 5.80. The van der Waals surface area contributed by atoms with Crippen molar-refractivity contribution < 1.29 is 1.43 Å². The molecule has 0 bridgehead atoms. The van der Waals surface area contributed by atoms with Gasteiger partial charge in [-0.15, -0.1) is 0 Å². The number of rotatable bonds is 3. The van der Waals surface area contributed by atoms with Crippen LogP contribution in [0.1, 0.15) is 12.6 Å². The van der Waals surface area contributed by atoms with E-state index in [0.717, 1.165) is 22.6 Å². The van der Waals surface area contributed by atoms with Crippen LogP contribution in [0.3, 0.4) is 0 Å². The van der Waals surface area contributed by atoms with Gasteiger partial charge in [0.15, 0.2) is 0 Å². The maximum absolute atomic E-state index is 4.50. The summed E-state index contributed by atoms with van der Waals surface area (Å²) in [5, 5.41) is 3.51. The Labute approximate surface area is 127 Å². The maximum Gasteiger partial charge on any atom is 1.00 e. The predicted molar refractivity (Wildman–Crippen MR) is 90.0 cm³/mol. The summed E-state index contributed by atoms with van der Waals surface area (Å²) in [6, 6.07) is 20.6. The van der Waals surface area contributed by atoms with E-state index < -0.39 is 0 Å². The van der Waals surface area contributed by atoms with Gasteiger partial charge in [0.25, 0.3) is 0 Å². The molecule has 1 aromatic heterocycles. The molecule has 3 aromatic rings. The van der Waals surface area contributed by atoms with E-state index in [1.54, 1.807) is 0 Å². The molecule has 1 N–H and O–H groups in total. The molecule has 2 aromatic carbocycles. The van der Waals surface area contributed by atoms with Crippen molar-refractivity contribution in [2.75, 3.05) is 5.32 Å². The Morgan fingerprint density at radius 1 is 0.905 bits per heavy atom. The van der Waals surface area contributed by atoms with Crippen molar-refractivity contribution in [3.8, 4) is 11.3 Å². The van der Waals surface area contributed by atoms with E-state index in [4.69, 9.17) is 0 Å². The highest BCUT2D eigenvalue weighted by Crippen LogP contribution is 2.33. The van der Waals surface area contributed by atoms with Crippen LogP contribution < -0.4 is 5.32 Å². The summed E-state index contributed by atoms with van der Waals surface area (Å²) in [6.45, 7) is 4.25. The number of hydrogen-bond donors (Lipinski definition) is 1. The van der Waals surface area contributed by atoms with Crippen LogP contribution in [0.2, 0.25) is 0 Å². The molecule has 3 rings (SSSR count). The van der Waals surface area contributed by atoms with Crippen LogP contribution >= 0.6 is 0 Å². The summed E-state index contributed by atoms with van der Waals surface area (Å²) in [4.78, 5) is 4.50. The van der Waals surface area contributed by atoms with Crippen molar-refractivity contribution in [3.05, 3.63) is 78.0 Å². The summed E-state index contributed by atoms with van der Waals surface area (Å²) in [6.07, 6.45) is 1.83. The Hall–Kier alpha value is -2.61.